The van der Waals surface area contributed by atoms with E-state index >= 15 is 0 Å². The summed E-state index contributed by atoms with van der Waals surface area (Å²) in [6.07, 6.45) is -4.08. The minimum Gasteiger partial charge on any atom is -0.464 e. The summed E-state index contributed by atoms with van der Waals surface area (Å²) in [6.45, 7) is 5.10. The number of piperazine rings is 1. The number of furan rings is 1. The van der Waals surface area contributed by atoms with Crippen molar-refractivity contribution < 1.29 is 17.6 Å². The summed E-state index contributed by atoms with van der Waals surface area (Å²) in [6, 6.07) is 3.40. The molecule has 1 saturated heterocycles. The molecule has 1 aromatic heterocycles. The average molecular weight is 363 g/mol. The Balaban J connectivity index is 0.00000220. The first-order valence-corrected chi connectivity index (χ1v) is 7.09. The van der Waals surface area contributed by atoms with Gasteiger partial charge in [-0.25, -0.2) is 0 Å². The molecular formula is C14H23Cl2F3N2O. The molecule has 1 fully saturated rings. The van der Waals surface area contributed by atoms with Crippen LogP contribution < -0.4 is 5.32 Å². The molecule has 22 heavy (non-hydrogen) atoms. The van der Waals surface area contributed by atoms with Crippen LogP contribution in [0, 0.1) is 0 Å². The van der Waals surface area contributed by atoms with Gasteiger partial charge in [0.05, 0.1) is 6.04 Å². The van der Waals surface area contributed by atoms with E-state index in [1.54, 1.807) is 0 Å². The van der Waals surface area contributed by atoms with Gasteiger partial charge in [0.2, 0.25) is 0 Å². The van der Waals surface area contributed by atoms with E-state index in [4.69, 9.17) is 4.42 Å². The van der Waals surface area contributed by atoms with Crippen molar-refractivity contribution in [3.05, 3.63) is 23.7 Å². The third kappa shape index (κ3) is 6.36. The minimum absolute atomic E-state index is 0. The van der Waals surface area contributed by atoms with Gasteiger partial charge in [-0.2, -0.15) is 13.2 Å². The third-order valence-electron chi connectivity index (χ3n) is 3.65. The molecule has 1 aromatic rings. The maximum absolute atomic E-state index is 12.5. The van der Waals surface area contributed by atoms with Gasteiger partial charge in [0.25, 0.3) is 0 Å². The number of rotatable bonds is 5. The van der Waals surface area contributed by atoms with Gasteiger partial charge in [0.15, 0.2) is 0 Å². The molecule has 0 aromatic carbocycles. The van der Waals surface area contributed by atoms with Gasteiger partial charge < -0.3 is 9.73 Å². The molecule has 0 spiro atoms. The van der Waals surface area contributed by atoms with Gasteiger partial charge in [-0.05, 0) is 18.6 Å². The molecule has 1 N–H and O–H groups in total. The minimum atomic E-state index is -4.12. The predicted molar refractivity (Wildman–Crippen MR) is 85.1 cm³/mol. The van der Waals surface area contributed by atoms with Crippen LogP contribution in [-0.4, -0.2) is 37.3 Å². The Morgan fingerprint density at radius 2 is 1.86 bits per heavy atom. The second-order valence-electron chi connectivity index (χ2n) is 5.11. The molecule has 8 heteroatoms. The maximum atomic E-state index is 12.5. The highest BCUT2D eigenvalue weighted by atomic mass is 35.5. The van der Waals surface area contributed by atoms with E-state index in [1.807, 2.05) is 19.1 Å². The average Bonchev–Trinajstić information content (AvgIpc) is 2.88. The van der Waals surface area contributed by atoms with Crippen LogP contribution in [-0.2, 0) is 6.42 Å². The molecule has 2 rings (SSSR count). The van der Waals surface area contributed by atoms with E-state index in [0.29, 0.717) is 5.76 Å². The van der Waals surface area contributed by atoms with Crippen LogP contribution in [0.15, 0.2) is 16.5 Å². The Kier molecular flexibility index (Phi) is 9.46. The molecule has 1 aliphatic heterocycles. The Hall–Kier alpha value is -0.430. The van der Waals surface area contributed by atoms with E-state index in [-0.39, 0.29) is 37.3 Å². The fourth-order valence-corrected chi connectivity index (χ4v) is 2.56. The lowest BCUT2D eigenvalue weighted by molar-refractivity contribution is -0.139. The van der Waals surface area contributed by atoms with Crippen LogP contribution in [0.25, 0.3) is 0 Å². The van der Waals surface area contributed by atoms with Crippen molar-refractivity contribution in [3.63, 3.8) is 0 Å². The zero-order valence-corrected chi connectivity index (χ0v) is 14.1. The first kappa shape index (κ1) is 21.6. The highest BCUT2D eigenvalue weighted by molar-refractivity contribution is 5.85. The fraction of sp³-hybridized carbons (Fsp3) is 0.714. The summed E-state index contributed by atoms with van der Waals surface area (Å²) < 4.78 is 43.2. The summed E-state index contributed by atoms with van der Waals surface area (Å²) in [5, 5.41) is 3.22. The van der Waals surface area contributed by atoms with Crippen LogP contribution >= 0.6 is 24.8 Å². The SMILES string of the molecule is CCc1ccc([C@@H](CCC(F)(F)F)N2CCNCC2)o1.Cl.Cl. The van der Waals surface area contributed by atoms with Gasteiger partial charge in [0.1, 0.15) is 11.5 Å². The first-order valence-electron chi connectivity index (χ1n) is 7.09. The summed E-state index contributed by atoms with van der Waals surface area (Å²) in [5.41, 5.74) is 0. The maximum Gasteiger partial charge on any atom is 0.389 e. The number of hydrogen-bond acceptors (Lipinski definition) is 3. The highest BCUT2D eigenvalue weighted by Crippen LogP contribution is 2.32. The molecular weight excluding hydrogens is 340 g/mol. The Morgan fingerprint density at radius 1 is 1.23 bits per heavy atom. The molecule has 0 radical (unpaired) electrons. The zero-order valence-electron chi connectivity index (χ0n) is 12.5. The normalized spacial score (nSPS) is 17.5. The largest absolute Gasteiger partial charge is 0.464 e. The van der Waals surface area contributed by atoms with Crippen LogP contribution in [0.3, 0.4) is 0 Å². The van der Waals surface area contributed by atoms with E-state index in [9.17, 15) is 13.2 Å². The van der Waals surface area contributed by atoms with E-state index in [2.05, 4.69) is 10.2 Å². The Labute approximate surface area is 141 Å². The van der Waals surface area contributed by atoms with E-state index in [0.717, 1.165) is 38.4 Å². The zero-order chi connectivity index (χ0) is 14.6. The van der Waals surface area contributed by atoms with Gasteiger partial charge >= 0.3 is 6.18 Å². The molecule has 1 atom stereocenters. The van der Waals surface area contributed by atoms with Crippen molar-refractivity contribution in [3.8, 4) is 0 Å². The third-order valence-corrected chi connectivity index (χ3v) is 3.65. The van der Waals surface area contributed by atoms with Crippen LogP contribution in [0.4, 0.5) is 13.2 Å². The smallest absolute Gasteiger partial charge is 0.389 e. The molecule has 1 aliphatic rings. The number of halogens is 5. The lowest BCUT2D eigenvalue weighted by Gasteiger charge is -2.34. The van der Waals surface area contributed by atoms with Gasteiger partial charge in [-0.3, -0.25) is 4.90 Å². The Morgan fingerprint density at radius 3 is 2.36 bits per heavy atom. The number of alkyl halides is 3. The number of hydrogen-bond donors (Lipinski definition) is 1. The standard InChI is InChI=1S/C14H21F3N2O.2ClH/c1-2-11-3-4-13(20-11)12(5-6-14(15,16)17)19-9-7-18-8-10-19;;/h3-4,12,18H,2,5-10H2,1H3;2*1H/t12-;;/m1../s1. The van der Waals surface area contributed by atoms with Crippen molar-refractivity contribution in [2.45, 2.75) is 38.4 Å². The van der Waals surface area contributed by atoms with Crippen molar-refractivity contribution in [1.29, 1.82) is 0 Å². The van der Waals surface area contributed by atoms with Gasteiger partial charge in [-0.1, -0.05) is 6.92 Å². The summed E-state index contributed by atoms with van der Waals surface area (Å²) in [5.74, 6) is 1.49. The predicted octanol–water partition coefficient (Wildman–Crippen LogP) is 3.97. The monoisotopic (exact) mass is 362 g/mol. The number of aryl methyl sites for hydroxylation is 1. The molecule has 0 unspecified atom stereocenters. The molecule has 0 aliphatic carbocycles. The number of nitrogens with zero attached hydrogens (tertiary/aromatic N) is 1. The molecule has 130 valence electrons. The quantitative estimate of drug-likeness (QED) is 0.858. The first-order chi connectivity index (χ1) is 9.49. The lowest BCUT2D eigenvalue weighted by atomic mass is 10.1. The lowest BCUT2D eigenvalue weighted by Crippen LogP contribution is -2.45. The number of nitrogens with one attached hydrogen (secondary N) is 1. The van der Waals surface area contributed by atoms with Crippen molar-refractivity contribution in [2.75, 3.05) is 26.2 Å². The molecule has 2 heterocycles. The Bertz CT molecular complexity index is 420. The van der Waals surface area contributed by atoms with Crippen molar-refractivity contribution >= 4 is 24.8 Å². The van der Waals surface area contributed by atoms with E-state index in [1.165, 1.54) is 0 Å². The van der Waals surface area contributed by atoms with Gasteiger partial charge in [-0.15, -0.1) is 24.8 Å². The summed E-state index contributed by atoms with van der Waals surface area (Å²) in [7, 11) is 0. The second kappa shape index (κ2) is 9.65. The molecule has 0 saturated carbocycles. The topological polar surface area (TPSA) is 28.4 Å². The molecule has 3 nitrogen and oxygen atoms in total. The summed E-state index contributed by atoms with van der Waals surface area (Å²) >= 11 is 0. The van der Waals surface area contributed by atoms with Gasteiger partial charge in [0, 0.05) is 39.0 Å². The summed E-state index contributed by atoms with van der Waals surface area (Å²) in [4.78, 5) is 2.08. The van der Waals surface area contributed by atoms with Crippen molar-refractivity contribution in [1.82, 2.24) is 10.2 Å². The van der Waals surface area contributed by atoms with E-state index < -0.39 is 12.6 Å². The van der Waals surface area contributed by atoms with Crippen molar-refractivity contribution in [2.24, 2.45) is 0 Å². The van der Waals surface area contributed by atoms with Crippen LogP contribution in [0.1, 0.15) is 37.3 Å². The van der Waals surface area contributed by atoms with Crippen LogP contribution in [0.5, 0.6) is 0 Å². The second-order valence-corrected chi connectivity index (χ2v) is 5.11. The molecule has 0 bridgehead atoms. The van der Waals surface area contributed by atoms with Crippen LogP contribution in [0.2, 0.25) is 0 Å². The fourth-order valence-electron chi connectivity index (χ4n) is 2.56. The molecule has 0 amide bonds. The highest BCUT2D eigenvalue weighted by Gasteiger charge is 2.32.